The number of hydrogen-bond donors (Lipinski definition) is 1. The highest BCUT2D eigenvalue weighted by Gasteiger charge is 2.34. The van der Waals surface area contributed by atoms with Gasteiger partial charge in [-0.15, -0.1) is 0 Å². The fourth-order valence-corrected chi connectivity index (χ4v) is 2.99. The maximum Gasteiger partial charge on any atom is 0.254 e. The summed E-state index contributed by atoms with van der Waals surface area (Å²) in [6.45, 7) is 2.48. The summed E-state index contributed by atoms with van der Waals surface area (Å²) >= 11 is 0. The maximum atomic E-state index is 13.0. The van der Waals surface area contributed by atoms with Gasteiger partial charge in [-0.2, -0.15) is 0 Å². The van der Waals surface area contributed by atoms with Crippen molar-refractivity contribution in [1.29, 1.82) is 0 Å². The van der Waals surface area contributed by atoms with Crippen molar-refractivity contribution in [2.24, 2.45) is 0 Å². The molecule has 0 spiro atoms. The molecule has 0 aliphatic carbocycles. The third-order valence-corrected chi connectivity index (χ3v) is 4.19. The van der Waals surface area contributed by atoms with Gasteiger partial charge in [0.15, 0.2) is 0 Å². The molecule has 1 atom stereocenters. The molecule has 1 N–H and O–H groups in total. The summed E-state index contributed by atoms with van der Waals surface area (Å²) in [5.41, 5.74) is 2.17. The number of aryl methyl sites for hydroxylation is 1. The van der Waals surface area contributed by atoms with Gasteiger partial charge in [0.05, 0.1) is 0 Å². The number of rotatable bonds is 3. The number of nitrogens with one attached hydrogen (secondary N) is 1. The van der Waals surface area contributed by atoms with Crippen LogP contribution in [0.1, 0.15) is 28.8 Å². The lowest BCUT2D eigenvalue weighted by atomic mass is 10.1. The number of carbonyl (C=O) groups is 2. The van der Waals surface area contributed by atoms with E-state index in [9.17, 15) is 14.0 Å². The molecule has 0 unspecified atom stereocenters. The molecule has 2 amide bonds. The molecule has 0 saturated carbocycles. The maximum absolute atomic E-state index is 13.0. The molecule has 3 rings (SSSR count). The molecule has 124 valence electrons. The van der Waals surface area contributed by atoms with E-state index in [-0.39, 0.29) is 17.6 Å². The van der Waals surface area contributed by atoms with E-state index in [4.69, 9.17) is 0 Å². The van der Waals surface area contributed by atoms with Gasteiger partial charge in [0.1, 0.15) is 11.9 Å². The van der Waals surface area contributed by atoms with Crippen molar-refractivity contribution in [1.82, 2.24) is 4.90 Å². The minimum atomic E-state index is -0.497. The SMILES string of the molecule is Cc1cccc(NC(=O)[C@H]2CCCN2C(=O)c2ccc(F)cc2)c1. The minimum absolute atomic E-state index is 0.187. The molecule has 1 saturated heterocycles. The van der Waals surface area contributed by atoms with E-state index in [1.165, 1.54) is 24.3 Å². The Kier molecular flexibility index (Phi) is 4.60. The van der Waals surface area contributed by atoms with E-state index in [1.54, 1.807) is 4.90 Å². The summed E-state index contributed by atoms with van der Waals surface area (Å²) in [6, 6.07) is 12.5. The molecule has 0 radical (unpaired) electrons. The number of hydrogen-bond acceptors (Lipinski definition) is 2. The quantitative estimate of drug-likeness (QED) is 0.940. The van der Waals surface area contributed by atoms with Crippen LogP contribution in [0.15, 0.2) is 48.5 Å². The predicted molar refractivity (Wildman–Crippen MR) is 90.3 cm³/mol. The summed E-state index contributed by atoms with van der Waals surface area (Å²) in [4.78, 5) is 26.7. The fraction of sp³-hybridized carbons (Fsp3) is 0.263. The van der Waals surface area contributed by atoms with Gasteiger partial charge in [0.25, 0.3) is 5.91 Å². The Labute approximate surface area is 140 Å². The van der Waals surface area contributed by atoms with E-state index >= 15 is 0 Å². The second kappa shape index (κ2) is 6.83. The monoisotopic (exact) mass is 326 g/mol. The third kappa shape index (κ3) is 3.45. The van der Waals surface area contributed by atoms with E-state index in [0.29, 0.717) is 18.5 Å². The number of anilines is 1. The molecule has 0 aromatic heterocycles. The highest BCUT2D eigenvalue weighted by molar-refractivity contribution is 6.01. The number of amides is 2. The Balaban J connectivity index is 1.73. The van der Waals surface area contributed by atoms with Crippen molar-refractivity contribution in [2.75, 3.05) is 11.9 Å². The Bertz CT molecular complexity index is 758. The van der Waals surface area contributed by atoms with Gasteiger partial charge in [-0.1, -0.05) is 12.1 Å². The molecular weight excluding hydrogens is 307 g/mol. The minimum Gasteiger partial charge on any atom is -0.327 e. The summed E-state index contributed by atoms with van der Waals surface area (Å²) in [7, 11) is 0. The van der Waals surface area contributed by atoms with E-state index in [2.05, 4.69) is 5.32 Å². The third-order valence-electron chi connectivity index (χ3n) is 4.19. The van der Waals surface area contributed by atoms with Crippen LogP contribution < -0.4 is 5.32 Å². The van der Waals surface area contributed by atoms with Gasteiger partial charge in [0.2, 0.25) is 5.91 Å². The Morgan fingerprint density at radius 2 is 1.92 bits per heavy atom. The van der Waals surface area contributed by atoms with Crippen molar-refractivity contribution >= 4 is 17.5 Å². The standard InChI is InChI=1S/C19H19FN2O2/c1-13-4-2-5-16(12-13)21-18(23)17-6-3-11-22(17)19(24)14-7-9-15(20)10-8-14/h2,4-5,7-10,12,17H,3,6,11H2,1H3,(H,21,23)/t17-/m1/s1. The largest absolute Gasteiger partial charge is 0.327 e. The lowest BCUT2D eigenvalue weighted by molar-refractivity contribution is -0.119. The first-order chi connectivity index (χ1) is 11.5. The highest BCUT2D eigenvalue weighted by Crippen LogP contribution is 2.22. The fourth-order valence-electron chi connectivity index (χ4n) is 2.99. The number of carbonyl (C=O) groups excluding carboxylic acids is 2. The summed E-state index contributed by atoms with van der Waals surface area (Å²) in [5, 5.41) is 2.88. The second-order valence-electron chi connectivity index (χ2n) is 6.02. The zero-order valence-electron chi connectivity index (χ0n) is 13.5. The molecule has 5 heteroatoms. The number of halogens is 1. The topological polar surface area (TPSA) is 49.4 Å². The van der Waals surface area contributed by atoms with Crippen LogP contribution in [0.25, 0.3) is 0 Å². The van der Waals surface area contributed by atoms with Crippen LogP contribution in [-0.4, -0.2) is 29.3 Å². The first-order valence-electron chi connectivity index (χ1n) is 7.98. The van der Waals surface area contributed by atoms with Gasteiger partial charge >= 0.3 is 0 Å². The average molecular weight is 326 g/mol. The lowest BCUT2D eigenvalue weighted by Gasteiger charge is -2.24. The zero-order chi connectivity index (χ0) is 17.1. The number of benzene rings is 2. The van der Waals surface area contributed by atoms with Gasteiger partial charge < -0.3 is 10.2 Å². The van der Waals surface area contributed by atoms with Gasteiger partial charge in [-0.25, -0.2) is 4.39 Å². The number of likely N-dealkylation sites (tertiary alicyclic amines) is 1. The van der Waals surface area contributed by atoms with E-state index < -0.39 is 6.04 Å². The lowest BCUT2D eigenvalue weighted by Crippen LogP contribution is -2.43. The summed E-state index contributed by atoms with van der Waals surface area (Å²) in [5.74, 6) is -0.813. The van der Waals surface area contributed by atoms with Crippen molar-refractivity contribution in [3.05, 3.63) is 65.5 Å². The van der Waals surface area contributed by atoms with Gasteiger partial charge in [-0.05, 0) is 61.7 Å². The van der Waals surface area contributed by atoms with Crippen LogP contribution in [0.5, 0.6) is 0 Å². The van der Waals surface area contributed by atoms with Crippen molar-refractivity contribution < 1.29 is 14.0 Å². The van der Waals surface area contributed by atoms with Crippen LogP contribution in [0, 0.1) is 12.7 Å². The zero-order valence-corrected chi connectivity index (χ0v) is 13.5. The second-order valence-corrected chi connectivity index (χ2v) is 6.02. The first kappa shape index (κ1) is 16.2. The van der Waals surface area contributed by atoms with Crippen molar-refractivity contribution in [2.45, 2.75) is 25.8 Å². The Morgan fingerprint density at radius 1 is 1.17 bits per heavy atom. The smallest absolute Gasteiger partial charge is 0.254 e. The average Bonchev–Trinajstić information content (AvgIpc) is 3.04. The van der Waals surface area contributed by atoms with Crippen LogP contribution in [-0.2, 0) is 4.79 Å². The molecule has 1 heterocycles. The summed E-state index contributed by atoms with van der Waals surface area (Å²) in [6.07, 6.45) is 1.41. The van der Waals surface area contributed by atoms with Crippen LogP contribution in [0.3, 0.4) is 0 Å². The molecule has 1 aliphatic heterocycles. The molecule has 0 bridgehead atoms. The van der Waals surface area contributed by atoms with Crippen LogP contribution in [0.4, 0.5) is 10.1 Å². The van der Waals surface area contributed by atoms with E-state index in [1.807, 2.05) is 31.2 Å². The molecule has 4 nitrogen and oxygen atoms in total. The van der Waals surface area contributed by atoms with Crippen molar-refractivity contribution in [3.63, 3.8) is 0 Å². The molecule has 24 heavy (non-hydrogen) atoms. The highest BCUT2D eigenvalue weighted by atomic mass is 19.1. The van der Waals surface area contributed by atoms with Crippen LogP contribution in [0.2, 0.25) is 0 Å². The molecule has 2 aromatic carbocycles. The normalized spacial score (nSPS) is 16.9. The van der Waals surface area contributed by atoms with E-state index in [0.717, 1.165) is 17.7 Å². The van der Waals surface area contributed by atoms with Gasteiger partial charge in [0, 0.05) is 17.8 Å². The van der Waals surface area contributed by atoms with Crippen molar-refractivity contribution in [3.8, 4) is 0 Å². The van der Waals surface area contributed by atoms with Crippen LogP contribution >= 0.6 is 0 Å². The molecule has 1 fully saturated rings. The Hall–Kier alpha value is -2.69. The molecular formula is C19H19FN2O2. The summed E-state index contributed by atoms with van der Waals surface area (Å²) < 4.78 is 13.0. The molecule has 2 aromatic rings. The number of nitrogens with zero attached hydrogens (tertiary/aromatic N) is 1. The molecule has 1 aliphatic rings. The predicted octanol–water partition coefficient (Wildman–Crippen LogP) is 3.38. The first-order valence-corrected chi connectivity index (χ1v) is 7.98. The Morgan fingerprint density at radius 3 is 2.62 bits per heavy atom. The van der Waals surface area contributed by atoms with Gasteiger partial charge in [-0.3, -0.25) is 9.59 Å².